The van der Waals surface area contributed by atoms with Crippen molar-refractivity contribution in [2.75, 3.05) is 11.5 Å². The molecule has 19 heavy (non-hydrogen) atoms. The molecule has 1 saturated heterocycles. The number of halogens is 1. The van der Waals surface area contributed by atoms with Crippen LogP contribution in [-0.4, -0.2) is 25.9 Å². The fourth-order valence-electron chi connectivity index (χ4n) is 2.12. The maximum absolute atomic E-state index is 11.7. The Hall–Kier alpha value is -1.07. The van der Waals surface area contributed by atoms with Gasteiger partial charge in [-0.1, -0.05) is 11.6 Å². The lowest BCUT2D eigenvalue weighted by Crippen LogP contribution is -2.15. The number of rotatable bonds is 3. The predicted octanol–water partition coefficient (Wildman–Crippen LogP) is 2.38. The third-order valence-corrected chi connectivity index (χ3v) is 5.40. The Balaban J connectivity index is 1.93. The molecule has 0 bridgehead atoms. The van der Waals surface area contributed by atoms with Gasteiger partial charge in [0.15, 0.2) is 9.84 Å². The number of esters is 1. The van der Waals surface area contributed by atoms with Crippen LogP contribution in [0.3, 0.4) is 0 Å². The van der Waals surface area contributed by atoms with Gasteiger partial charge in [-0.15, -0.1) is 0 Å². The van der Waals surface area contributed by atoms with Crippen LogP contribution in [0.15, 0.2) is 18.2 Å². The molecule has 1 atom stereocenters. The van der Waals surface area contributed by atoms with Crippen molar-refractivity contribution in [1.82, 2.24) is 0 Å². The molecule has 4 nitrogen and oxygen atoms in total. The number of carbonyl (C=O) groups excluding carboxylic acids is 1. The van der Waals surface area contributed by atoms with Gasteiger partial charge in [0, 0.05) is 11.4 Å². The van der Waals surface area contributed by atoms with Gasteiger partial charge in [0.1, 0.15) is 5.75 Å². The molecule has 2 rings (SSSR count). The minimum Gasteiger partial charge on any atom is -0.427 e. The van der Waals surface area contributed by atoms with Crippen LogP contribution in [0.4, 0.5) is 0 Å². The highest BCUT2D eigenvalue weighted by Crippen LogP contribution is 2.24. The van der Waals surface area contributed by atoms with Gasteiger partial charge in [-0.2, -0.15) is 0 Å². The molecule has 0 spiro atoms. The second-order valence-corrected chi connectivity index (χ2v) is 7.49. The standard InChI is InChI=1S/C13H15ClO4S/c1-9-6-11(2-3-12(9)14)18-13(15)7-10-4-5-19(16,17)8-10/h2-3,6,10H,4-5,7-8H2,1H3/t10-/m0/s1. The largest absolute Gasteiger partial charge is 0.427 e. The van der Waals surface area contributed by atoms with Gasteiger partial charge in [-0.3, -0.25) is 4.79 Å². The summed E-state index contributed by atoms with van der Waals surface area (Å²) in [4.78, 5) is 11.7. The Labute approximate surface area is 117 Å². The highest BCUT2D eigenvalue weighted by Gasteiger charge is 2.29. The van der Waals surface area contributed by atoms with Crippen molar-refractivity contribution in [3.63, 3.8) is 0 Å². The number of hydrogen-bond donors (Lipinski definition) is 0. The molecule has 0 saturated carbocycles. The van der Waals surface area contributed by atoms with Crippen LogP contribution in [0.1, 0.15) is 18.4 Å². The van der Waals surface area contributed by atoms with Gasteiger partial charge in [-0.25, -0.2) is 8.42 Å². The zero-order valence-electron chi connectivity index (χ0n) is 10.6. The van der Waals surface area contributed by atoms with E-state index in [1.165, 1.54) is 0 Å². The number of ether oxygens (including phenoxy) is 1. The molecule has 0 unspecified atom stereocenters. The van der Waals surface area contributed by atoms with E-state index >= 15 is 0 Å². The van der Waals surface area contributed by atoms with Crippen LogP contribution in [0.2, 0.25) is 5.02 Å². The van der Waals surface area contributed by atoms with E-state index in [4.69, 9.17) is 16.3 Å². The fraction of sp³-hybridized carbons (Fsp3) is 0.462. The van der Waals surface area contributed by atoms with E-state index in [2.05, 4.69) is 0 Å². The summed E-state index contributed by atoms with van der Waals surface area (Å²) in [7, 11) is -2.95. The van der Waals surface area contributed by atoms with Gasteiger partial charge in [0.05, 0.1) is 11.5 Å². The number of aryl methyl sites for hydroxylation is 1. The Morgan fingerprint density at radius 2 is 2.21 bits per heavy atom. The molecule has 0 aromatic heterocycles. The van der Waals surface area contributed by atoms with Crippen molar-refractivity contribution in [2.45, 2.75) is 19.8 Å². The van der Waals surface area contributed by atoms with E-state index in [1.54, 1.807) is 18.2 Å². The molecule has 1 fully saturated rings. The summed E-state index contributed by atoms with van der Waals surface area (Å²) in [6, 6.07) is 4.98. The normalized spacial score (nSPS) is 21.3. The summed E-state index contributed by atoms with van der Waals surface area (Å²) in [5.41, 5.74) is 0.829. The van der Waals surface area contributed by atoms with Crippen LogP contribution >= 0.6 is 11.6 Å². The Morgan fingerprint density at radius 1 is 1.47 bits per heavy atom. The topological polar surface area (TPSA) is 60.4 Å². The molecule has 6 heteroatoms. The summed E-state index contributed by atoms with van der Waals surface area (Å²) in [5.74, 6) is 0.176. The van der Waals surface area contributed by atoms with Crippen molar-refractivity contribution in [3.8, 4) is 5.75 Å². The number of hydrogen-bond acceptors (Lipinski definition) is 4. The Bertz CT molecular complexity index is 595. The Morgan fingerprint density at radius 3 is 2.79 bits per heavy atom. The highest BCUT2D eigenvalue weighted by atomic mass is 35.5. The molecule has 0 radical (unpaired) electrons. The summed E-state index contributed by atoms with van der Waals surface area (Å²) < 4.78 is 27.8. The van der Waals surface area contributed by atoms with Gasteiger partial charge in [-0.05, 0) is 43.0 Å². The Kier molecular flexibility index (Phi) is 4.16. The zero-order chi connectivity index (χ0) is 14.0. The van der Waals surface area contributed by atoms with Crippen molar-refractivity contribution in [3.05, 3.63) is 28.8 Å². The van der Waals surface area contributed by atoms with Crippen molar-refractivity contribution < 1.29 is 17.9 Å². The zero-order valence-corrected chi connectivity index (χ0v) is 12.1. The van der Waals surface area contributed by atoms with E-state index in [9.17, 15) is 13.2 Å². The van der Waals surface area contributed by atoms with Crippen LogP contribution in [0.5, 0.6) is 5.75 Å². The second kappa shape index (κ2) is 5.51. The van der Waals surface area contributed by atoms with Crippen LogP contribution < -0.4 is 4.74 Å². The summed E-state index contributed by atoms with van der Waals surface area (Å²) in [5, 5.41) is 0.613. The molecule has 1 aromatic rings. The van der Waals surface area contributed by atoms with Gasteiger partial charge < -0.3 is 4.74 Å². The first kappa shape index (κ1) is 14.3. The van der Waals surface area contributed by atoms with Gasteiger partial charge >= 0.3 is 5.97 Å². The van der Waals surface area contributed by atoms with Crippen molar-refractivity contribution in [1.29, 1.82) is 0 Å². The first-order valence-corrected chi connectivity index (χ1v) is 8.23. The third kappa shape index (κ3) is 3.94. The van der Waals surface area contributed by atoms with Crippen molar-refractivity contribution in [2.24, 2.45) is 5.92 Å². The van der Waals surface area contributed by atoms with E-state index in [-0.39, 0.29) is 23.8 Å². The van der Waals surface area contributed by atoms with E-state index in [1.807, 2.05) is 6.92 Å². The molecule has 1 aliphatic heterocycles. The lowest BCUT2D eigenvalue weighted by molar-refractivity contribution is -0.135. The summed E-state index contributed by atoms with van der Waals surface area (Å²) in [6.07, 6.45) is 0.679. The lowest BCUT2D eigenvalue weighted by atomic mass is 10.1. The smallest absolute Gasteiger partial charge is 0.311 e. The second-order valence-electron chi connectivity index (χ2n) is 4.86. The maximum atomic E-state index is 11.7. The quantitative estimate of drug-likeness (QED) is 0.635. The highest BCUT2D eigenvalue weighted by molar-refractivity contribution is 7.91. The van der Waals surface area contributed by atoms with Crippen LogP contribution in [0.25, 0.3) is 0 Å². The molecule has 104 valence electrons. The van der Waals surface area contributed by atoms with Gasteiger partial charge in [0.25, 0.3) is 0 Å². The summed E-state index contributed by atoms with van der Waals surface area (Å²) >= 11 is 5.88. The number of benzene rings is 1. The average molecular weight is 303 g/mol. The molecule has 0 aliphatic carbocycles. The van der Waals surface area contributed by atoms with E-state index in [0.717, 1.165) is 5.56 Å². The monoisotopic (exact) mass is 302 g/mol. The molecular weight excluding hydrogens is 288 g/mol. The fourth-order valence-corrected chi connectivity index (χ4v) is 4.10. The first-order chi connectivity index (χ1) is 8.85. The van der Waals surface area contributed by atoms with Gasteiger partial charge in [0.2, 0.25) is 0 Å². The molecule has 1 heterocycles. The van der Waals surface area contributed by atoms with Crippen LogP contribution in [0, 0.1) is 12.8 Å². The van der Waals surface area contributed by atoms with Crippen LogP contribution in [-0.2, 0) is 14.6 Å². The molecular formula is C13H15ClO4S. The number of carbonyl (C=O) groups is 1. The average Bonchev–Trinajstić information content (AvgIpc) is 2.63. The first-order valence-electron chi connectivity index (χ1n) is 6.03. The molecule has 1 aliphatic rings. The predicted molar refractivity (Wildman–Crippen MR) is 73.2 cm³/mol. The summed E-state index contributed by atoms with van der Waals surface area (Å²) in [6.45, 7) is 1.82. The maximum Gasteiger partial charge on any atom is 0.311 e. The lowest BCUT2D eigenvalue weighted by Gasteiger charge is -2.08. The number of sulfone groups is 1. The third-order valence-electron chi connectivity index (χ3n) is 3.14. The van der Waals surface area contributed by atoms with Crippen molar-refractivity contribution >= 4 is 27.4 Å². The molecule has 0 amide bonds. The molecule has 0 N–H and O–H groups in total. The molecule has 1 aromatic carbocycles. The van der Waals surface area contributed by atoms with E-state index in [0.29, 0.717) is 17.2 Å². The minimum absolute atomic E-state index is 0.0851. The van der Waals surface area contributed by atoms with E-state index < -0.39 is 15.8 Å². The SMILES string of the molecule is Cc1cc(OC(=O)C[C@@H]2CCS(=O)(=O)C2)ccc1Cl. The minimum atomic E-state index is -2.95.